The van der Waals surface area contributed by atoms with Crippen LogP contribution in [0.25, 0.3) is 0 Å². The molecule has 0 aromatic rings. The zero-order valence-electron chi connectivity index (χ0n) is 8.62. The molecule has 1 aliphatic rings. The quantitative estimate of drug-likeness (QED) is 0.648. The Morgan fingerprint density at radius 2 is 1.58 bits per heavy atom. The summed E-state index contributed by atoms with van der Waals surface area (Å²) < 4.78 is 0. The second-order valence-electron chi connectivity index (χ2n) is 4.36. The number of aliphatic hydroxyl groups is 1. The molecule has 2 heteroatoms. The van der Waals surface area contributed by atoms with Crippen LogP contribution in [-0.2, 0) is 0 Å². The Morgan fingerprint density at radius 1 is 1.17 bits per heavy atom. The molecule has 0 radical (unpaired) electrons. The van der Waals surface area contributed by atoms with Gasteiger partial charge in [-0.2, -0.15) is 0 Å². The number of piperidine rings is 1. The van der Waals surface area contributed by atoms with Gasteiger partial charge in [-0.25, -0.2) is 0 Å². The first kappa shape index (κ1) is 10.0. The molecule has 0 aromatic carbocycles. The van der Waals surface area contributed by atoms with Crippen molar-refractivity contribution in [2.24, 2.45) is 0 Å². The van der Waals surface area contributed by atoms with Crippen LogP contribution in [0.15, 0.2) is 0 Å². The van der Waals surface area contributed by atoms with Crippen LogP contribution >= 0.6 is 0 Å². The fourth-order valence-electron chi connectivity index (χ4n) is 2.58. The van der Waals surface area contributed by atoms with E-state index < -0.39 is 0 Å². The average molecular weight is 171 g/mol. The van der Waals surface area contributed by atoms with Crippen molar-refractivity contribution in [2.75, 3.05) is 0 Å². The van der Waals surface area contributed by atoms with Crippen molar-refractivity contribution >= 4 is 0 Å². The summed E-state index contributed by atoms with van der Waals surface area (Å²) in [5.74, 6) is 0. The molecule has 0 bridgehead atoms. The maximum absolute atomic E-state index is 9.52. The maximum atomic E-state index is 9.52. The summed E-state index contributed by atoms with van der Waals surface area (Å²) in [5.41, 5.74) is 0. The summed E-state index contributed by atoms with van der Waals surface area (Å²) in [7, 11) is 0. The van der Waals surface area contributed by atoms with E-state index in [9.17, 15) is 5.11 Å². The van der Waals surface area contributed by atoms with Crippen LogP contribution in [0.2, 0.25) is 0 Å². The van der Waals surface area contributed by atoms with E-state index in [1.54, 1.807) is 0 Å². The first-order chi connectivity index (χ1) is 5.52. The predicted octanol–water partition coefficient (Wildman–Crippen LogP) is 1.63. The zero-order valence-corrected chi connectivity index (χ0v) is 8.62. The Bertz CT molecular complexity index is 135. The van der Waals surface area contributed by atoms with Gasteiger partial charge in [0.2, 0.25) is 0 Å². The minimum absolute atomic E-state index is 0.0787. The summed E-state index contributed by atoms with van der Waals surface area (Å²) in [5, 5.41) is 9.52. The Balaban J connectivity index is 2.60. The molecule has 1 fully saturated rings. The Kier molecular flexibility index (Phi) is 3.13. The summed E-state index contributed by atoms with van der Waals surface area (Å²) in [6.45, 7) is 8.87. The van der Waals surface area contributed by atoms with Crippen molar-refractivity contribution in [2.45, 2.75) is 64.8 Å². The van der Waals surface area contributed by atoms with E-state index in [1.165, 1.54) is 0 Å². The summed E-state index contributed by atoms with van der Waals surface area (Å²) >= 11 is 0. The smallest absolute Gasteiger partial charge is 0.0569 e. The average Bonchev–Trinajstić information content (AvgIpc) is 1.82. The lowest BCUT2D eigenvalue weighted by Gasteiger charge is -2.43. The Hall–Kier alpha value is -0.0800. The number of hydrogen-bond donors (Lipinski definition) is 1. The minimum atomic E-state index is -0.0787. The first-order valence-electron chi connectivity index (χ1n) is 4.98. The highest BCUT2D eigenvalue weighted by Gasteiger charge is 2.30. The van der Waals surface area contributed by atoms with Crippen LogP contribution in [-0.4, -0.2) is 34.2 Å². The zero-order chi connectivity index (χ0) is 9.30. The summed E-state index contributed by atoms with van der Waals surface area (Å²) in [6, 6.07) is 1.66. The van der Waals surface area contributed by atoms with E-state index in [2.05, 4.69) is 32.6 Å². The Morgan fingerprint density at radius 3 is 1.92 bits per heavy atom. The lowest BCUT2D eigenvalue weighted by atomic mass is 9.93. The van der Waals surface area contributed by atoms with Gasteiger partial charge in [0.15, 0.2) is 0 Å². The number of likely N-dealkylation sites (tertiary alicyclic amines) is 1. The van der Waals surface area contributed by atoms with Gasteiger partial charge in [0.25, 0.3) is 0 Å². The molecule has 1 heterocycles. The van der Waals surface area contributed by atoms with Gasteiger partial charge in [0.05, 0.1) is 6.10 Å². The highest BCUT2D eigenvalue weighted by Crippen LogP contribution is 2.24. The SMILES string of the molecule is CC(C)N1[C@H](C)C[C@H](O)C[C@@H]1C. The van der Waals surface area contributed by atoms with Crippen LogP contribution in [0.1, 0.15) is 40.5 Å². The van der Waals surface area contributed by atoms with Crippen LogP contribution in [0.4, 0.5) is 0 Å². The predicted molar refractivity (Wildman–Crippen MR) is 51.1 cm³/mol. The minimum Gasteiger partial charge on any atom is -0.393 e. The molecular formula is C10H21NO. The molecule has 72 valence electrons. The molecule has 12 heavy (non-hydrogen) atoms. The monoisotopic (exact) mass is 171 g/mol. The van der Waals surface area contributed by atoms with Gasteiger partial charge in [-0.3, -0.25) is 4.90 Å². The fraction of sp³-hybridized carbons (Fsp3) is 1.00. The fourth-order valence-corrected chi connectivity index (χ4v) is 2.58. The molecule has 0 aromatic heterocycles. The molecular weight excluding hydrogens is 150 g/mol. The molecule has 1 aliphatic heterocycles. The second-order valence-corrected chi connectivity index (χ2v) is 4.36. The van der Waals surface area contributed by atoms with Crippen molar-refractivity contribution < 1.29 is 5.11 Å². The molecule has 2 nitrogen and oxygen atoms in total. The number of rotatable bonds is 1. The molecule has 1 N–H and O–H groups in total. The summed E-state index contributed by atoms with van der Waals surface area (Å²) in [4.78, 5) is 2.49. The summed E-state index contributed by atoms with van der Waals surface area (Å²) in [6.07, 6.45) is 1.79. The van der Waals surface area contributed by atoms with Crippen molar-refractivity contribution in [3.05, 3.63) is 0 Å². The third kappa shape index (κ3) is 1.99. The number of aliphatic hydroxyl groups excluding tert-OH is 1. The lowest BCUT2D eigenvalue weighted by Crippen LogP contribution is -2.51. The molecule has 0 spiro atoms. The van der Waals surface area contributed by atoms with Crippen LogP contribution < -0.4 is 0 Å². The van der Waals surface area contributed by atoms with Crippen LogP contribution in [0.5, 0.6) is 0 Å². The van der Waals surface area contributed by atoms with E-state index in [0.29, 0.717) is 18.1 Å². The highest BCUT2D eigenvalue weighted by atomic mass is 16.3. The Labute approximate surface area is 75.6 Å². The van der Waals surface area contributed by atoms with Gasteiger partial charge in [0.1, 0.15) is 0 Å². The molecule has 0 unspecified atom stereocenters. The van der Waals surface area contributed by atoms with Crippen LogP contribution in [0.3, 0.4) is 0 Å². The molecule has 3 atom stereocenters. The van der Waals surface area contributed by atoms with Gasteiger partial charge in [-0.15, -0.1) is 0 Å². The highest BCUT2D eigenvalue weighted by molar-refractivity contribution is 4.85. The van der Waals surface area contributed by atoms with Gasteiger partial charge in [-0.05, 0) is 40.5 Å². The van der Waals surface area contributed by atoms with Crippen molar-refractivity contribution in [1.82, 2.24) is 4.90 Å². The standard InChI is InChI=1S/C10H21NO/c1-7(2)11-8(3)5-10(12)6-9(11)4/h7-10,12H,5-6H2,1-4H3/t8-,9+,10+. The molecule has 1 rings (SSSR count). The third-order valence-corrected chi connectivity index (χ3v) is 2.84. The van der Waals surface area contributed by atoms with E-state index >= 15 is 0 Å². The van der Waals surface area contributed by atoms with Crippen molar-refractivity contribution in [3.8, 4) is 0 Å². The lowest BCUT2D eigenvalue weighted by molar-refractivity contribution is -0.00378. The van der Waals surface area contributed by atoms with E-state index in [4.69, 9.17) is 0 Å². The van der Waals surface area contributed by atoms with E-state index in [1.807, 2.05) is 0 Å². The van der Waals surface area contributed by atoms with Gasteiger partial charge in [0, 0.05) is 18.1 Å². The maximum Gasteiger partial charge on any atom is 0.0569 e. The first-order valence-corrected chi connectivity index (χ1v) is 4.98. The number of hydrogen-bond acceptors (Lipinski definition) is 2. The van der Waals surface area contributed by atoms with Crippen molar-refractivity contribution in [1.29, 1.82) is 0 Å². The van der Waals surface area contributed by atoms with E-state index in [-0.39, 0.29) is 6.10 Å². The van der Waals surface area contributed by atoms with E-state index in [0.717, 1.165) is 12.8 Å². The molecule has 0 amide bonds. The van der Waals surface area contributed by atoms with Gasteiger partial charge in [-0.1, -0.05) is 0 Å². The third-order valence-electron chi connectivity index (χ3n) is 2.84. The van der Waals surface area contributed by atoms with Gasteiger partial charge >= 0.3 is 0 Å². The topological polar surface area (TPSA) is 23.5 Å². The second kappa shape index (κ2) is 3.75. The molecule has 1 saturated heterocycles. The van der Waals surface area contributed by atoms with Gasteiger partial charge < -0.3 is 5.11 Å². The normalized spacial score (nSPS) is 39.0. The largest absolute Gasteiger partial charge is 0.393 e. The number of nitrogens with zero attached hydrogens (tertiary/aromatic N) is 1. The van der Waals surface area contributed by atoms with Crippen molar-refractivity contribution in [3.63, 3.8) is 0 Å². The van der Waals surface area contributed by atoms with Crippen LogP contribution in [0, 0.1) is 0 Å². The molecule has 0 aliphatic carbocycles. The molecule has 0 saturated carbocycles.